The highest BCUT2D eigenvalue weighted by molar-refractivity contribution is 8.14. The van der Waals surface area contributed by atoms with E-state index in [1.54, 1.807) is 18.9 Å². The maximum absolute atomic E-state index is 13.3. The number of piperidine rings is 1. The number of nitrogens with one attached hydrogen (secondary N) is 1. The van der Waals surface area contributed by atoms with Gasteiger partial charge in [-0.2, -0.15) is 0 Å². The molecule has 2 aliphatic heterocycles. The van der Waals surface area contributed by atoms with Gasteiger partial charge in [-0.1, -0.05) is 25.6 Å². The van der Waals surface area contributed by atoms with Gasteiger partial charge < -0.3 is 14.5 Å². The van der Waals surface area contributed by atoms with Gasteiger partial charge in [0, 0.05) is 37.5 Å². The Morgan fingerprint density at radius 1 is 1.14 bits per heavy atom. The molecule has 0 spiro atoms. The molecule has 1 N–H and O–H groups in total. The molecule has 3 amide bonds. The number of likely N-dealkylation sites (tertiary alicyclic amines) is 1. The number of carbonyl (C=O) groups excluding carboxylic acids is 2. The molecule has 3 aliphatic rings. The summed E-state index contributed by atoms with van der Waals surface area (Å²) < 4.78 is 5.03. The molecule has 0 radical (unpaired) electrons. The summed E-state index contributed by atoms with van der Waals surface area (Å²) in [5.74, 6) is 0.894. The highest BCUT2D eigenvalue weighted by Gasteiger charge is 2.36. The van der Waals surface area contributed by atoms with Gasteiger partial charge in [-0.3, -0.25) is 15.1 Å². The minimum atomic E-state index is -0.00550. The summed E-state index contributed by atoms with van der Waals surface area (Å²) in [6, 6.07) is 0.467. The molecule has 0 aromatic rings. The van der Waals surface area contributed by atoms with Gasteiger partial charge in [0.2, 0.25) is 5.91 Å². The number of ether oxygens (including phenoxy) is 1. The first-order valence-electron chi connectivity index (χ1n) is 11.0. The van der Waals surface area contributed by atoms with Gasteiger partial charge in [0.05, 0.1) is 19.6 Å². The zero-order valence-corrected chi connectivity index (χ0v) is 18.9. The highest BCUT2D eigenvalue weighted by Crippen LogP contribution is 2.31. The molecule has 3 rings (SSSR count). The van der Waals surface area contributed by atoms with E-state index in [-0.39, 0.29) is 24.0 Å². The van der Waals surface area contributed by atoms with Crippen LogP contribution in [0.5, 0.6) is 0 Å². The standard InChI is InChI=1S/C21H36N4O3S/c1-15-4-6-17(7-5-15)25(21(27)23-20-22-14-16(2)29-20)18-8-11-24(12-9-18)19(26)10-13-28-3/h15-18H,4-14H2,1-3H3,(H,22,23,27). The quantitative estimate of drug-likeness (QED) is 0.736. The summed E-state index contributed by atoms with van der Waals surface area (Å²) in [5, 5.41) is 4.26. The smallest absolute Gasteiger partial charge is 0.323 e. The molecule has 164 valence electrons. The van der Waals surface area contributed by atoms with Crippen molar-refractivity contribution in [2.75, 3.05) is 33.4 Å². The van der Waals surface area contributed by atoms with Crippen molar-refractivity contribution in [3.05, 3.63) is 0 Å². The molecule has 1 unspecified atom stereocenters. The van der Waals surface area contributed by atoms with Crippen LogP contribution in [0.3, 0.4) is 0 Å². The fourth-order valence-corrected chi connectivity index (χ4v) is 5.42. The van der Waals surface area contributed by atoms with Crippen LogP contribution in [0.25, 0.3) is 0 Å². The molecule has 2 fully saturated rings. The van der Waals surface area contributed by atoms with Gasteiger partial charge in [0.15, 0.2) is 5.17 Å². The molecule has 2 heterocycles. The van der Waals surface area contributed by atoms with Crippen molar-refractivity contribution in [3.63, 3.8) is 0 Å². The van der Waals surface area contributed by atoms with E-state index in [0.717, 1.165) is 43.3 Å². The van der Waals surface area contributed by atoms with E-state index in [1.807, 2.05) is 4.90 Å². The Morgan fingerprint density at radius 2 is 1.79 bits per heavy atom. The maximum Gasteiger partial charge on any atom is 0.323 e. The number of hydrogen-bond donors (Lipinski definition) is 1. The highest BCUT2D eigenvalue weighted by atomic mass is 32.2. The predicted molar refractivity (Wildman–Crippen MR) is 117 cm³/mol. The zero-order chi connectivity index (χ0) is 20.8. The topological polar surface area (TPSA) is 74.2 Å². The van der Waals surface area contributed by atoms with Crippen LogP contribution in [0.1, 0.15) is 58.8 Å². The van der Waals surface area contributed by atoms with Gasteiger partial charge in [0.25, 0.3) is 0 Å². The Morgan fingerprint density at radius 3 is 2.38 bits per heavy atom. The van der Waals surface area contributed by atoms with Crippen molar-refractivity contribution in [1.29, 1.82) is 0 Å². The maximum atomic E-state index is 13.3. The third kappa shape index (κ3) is 6.10. The van der Waals surface area contributed by atoms with Crippen LogP contribution in [-0.2, 0) is 9.53 Å². The SMILES string of the molecule is COCCC(=O)N1CCC(N(C(=O)NC2=NCC(C)S2)C2CCC(C)CC2)CC1. The number of nitrogens with zero attached hydrogens (tertiary/aromatic N) is 3. The molecule has 29 heavy (non-hydrogen) atoms. The van der Waals surface area contributed by atoms with E-state index < -0.39 is 0 Å². The fourth-order valence-electron chi connectivity index (χ4n) is 4.59. The number of amidine groups is 1. The summed E-state index contributed by atoms with van der Waals surface area (Å²) in [7, 11) is 1.62. The van der Waals surface area contributed by atoms with Crippen LogP contribution in [0.2, 0.25) is 0 Å². The molecule has 0 aromatic carbocycles. The second kappa shape index (κ2) is 10.7. The van der Waals surface area contributed by atoms with E-state index in [1.165, 1.54) is 12.8 Å². The predicted octanol–water partition coefficient (Wildman–Crippen LogP) is 3.10. The number of thioether (sulfide) groups is 1. The molecule has 1 atom stereocenters. The Bertz CT molecular complexity index is 599. The summed E-state index contributed by atoms with van der Waals surface area (Å²) in [6.45, 7) is 7.09. The minimum Gasteiger partial charge on any atom is -0.384 e. The second-order valence-electron chi connectivity index (χ2n) is 8.68. The van der Waals surface area contributed by atoms with E-state index in [4.69, 9.17) is 4.74 Å². The van der Waals surface area contributed by atoms with Crippen LogP contribution in [0.4, 0.5) is 4.79 Å². The zero-order valence-electron chi connectivity index (χ0n) is 18.1. The van der Waals surface area contributed by atoms with Gasteiger partial charge in [-0.25, -0.2) is 4.79 Å². The van der Waals surface area contributed by atoms with Crippen LogP contribution < -0.4 is 5.32 Å². The molecule has 1 aliphatic carbocycles. The lowest BCUT2D eigenvalue weighted by Crippen LogP contribution is -2.56. The number of urea groups is 1. The van der Waals surface area contributed by atoms with Crippen molar-refractivity contribution < 1.29 is 14.3 Å². The normalized spacial score (nSPS) is 28.2. The van der Waals surface area contributed by atoms with Gasteiger partial charge in [-0.05, 0) is 44.4 Å². The first-order chi connectivity index (χ1) is 14.0. The number of hydrogen-bond acceptors (Lipinski definition) is 5. The van der Waals surface area contributed by atoms with Gasteiger partial charge >= 0.3 is 6.03 Å². The van der Waals surface area contributed by atoms with E-state index in [0.29, 0.717) is 31.4 Å². The largest absolute Gasteiger partial charge is 0.384 e. The molecule has 8 heteroatoms. The molecular weight excluding hydrogens is 388 g/mol. The molecule has 1 saturated heterocycles. The lowest BCUT2D eigenvalue weighted by molar-refractivity contribution is -0.133. The number of aliphatic imine (C=N–C) groups is 1. The minimum absolute atomic E-state index is 0.00550. The molecule has 7 nitrogen and oxygen atoms in total. The third-order valence-electron chi connectivity index (χ3n) is 6.36. The Labute approximate surface area is 179 Å². The molecule has 0 bridgehead atoms. The third-order valence-corrected chi connectivity index (χ3v) is 7.37. The first kappa shape index (κ1) is 22.4. The van der Waals surface area contributed by atoms with Crippen molar-refractivity contribution in [3.8, 4) is 0 Å². The van der Waals surface area contributed by atoms with Crippen LogP contribution in [0.15, 0.2) is 4.99 Å². The van der Waals surface area contributed by atoms with Crippen molar-refractivity contribution in [2.24, 2.45) is 10.9 Å². The van der Waals surface area contributed by atoms with Crippen LogP contribution in [-0.4, -0.2) is 77.6 Å². The second-order valence-corrected chi connectivity index (χ2v) is 10.1. The van der Waals surface area contributed by atoms with Crippen molar-refractivity contribution in [1.82, 2.24) is 15.1 Å². The van der Waals surface area contributed by atoms with Gasteiger partial charge in [0.1, 0.15) is 0 Å². The summed E-state index contributed by atoms with van der Waals surface area (Å²) >= 11 is 1.64. The molecular formula is C21H36N4O3S. The van der Waals surface area contributed by atoms with Crippen LogP contribution >= 0.6 is 11.8 Å². The number of methoxy groups -OCH3 is 1. The van der Waals surface area contributed by atoms with Crippen molar-refractivity contribution >= 4 is 28.9 Å². The summed E-state index contributed by atoms with van der Waals surface area (Å²) in [6.07, 6.45) is 6.60. The molecule has 0 aromatic heterocycles. The fraction of sp³-hybridized carbons (Fsp3) is 0.857. The van der Waals surface area contributed by atoms with Crippen molar-refractivity contribution in [2.45, 2.75) is 76.1 Å². The number of amides is 3. The molecule has 1 saturated carbocycles. The van der Waals surface area contributed by atoms with E-state index in [9.17, 15) is 9.59 Å². The summed E-state index contributed by atoms with van der Waals surface area (Å²) in [4.78, 5) is 34.1. The van der Waals surface area contributed by atoms with E-state index in [2.05, 4.69) is 29.1 Å². The average Bonchev–Trinajstić information content (AvgIpc) is 3.13. The van der Waals surface area contributed by atoms with E-state index >= 15 is 0 Å². The number of rotatable bonds is 5. The Balaban J connectivity index is 1.62. The Hall–Kier alpha value is -1.28. The lowest BCUT2D eigenvalue weighted by Gasteiger charge is -2.44. The monoisotopic (exact) mass is 424 g/mol. The lowest BCUT2D eigenvalue weighted by atomic mass is 9.85. The summed E-state index contributed by atoms with van der Waals surface area (Å²) in [5.41, 5.74) is 0. The number of carbonyl (C=O) groups is 2. The first-order valence-corrected chi connectivity index (χ1v) is 11.9. The van der Waals surface area contributed by atoms with Crippen LogP contribution in [0, 0.1) is 5.92 Å². The van der Waals surface area contributed by atoms with Gasteiger partial charge in [-0.15, -0.1) is 0 Å². The average molecular weight is 425 g/mol. The Kier molecular flexibility index (Phi) is 8.24.